The van der Waals surface area contributed by atoms with Gasteiger partial charge in [-0.2, -0.15) is 122 Å². The van der Waals surface area contributed by atoms with Gasteiger partial charge in [-0.15, -0.1) is 0 Å². The second-order valence-electron chi connectivity index (χ2n) is 8.00. The largest absolute Gasteiger partial charge is 0.460 e. The van der Waals surface area contributed by atoms with Gasteiger partial charge in [-0.3, -0.25) is 0 Å². The Hall–Kier alpha value is -1.40. The number of rotatable bonds is 12. The second-order valence-corrected chi connectivity index (χ2v) is 8.88. The van der Waals surface area contributed by atoms with Crippen LogP contribution in [0.1, 0.15) is 13.3 Å². The minimum Gasteiger partial charge on any atom is -0.200 e. The van der Waals surface area contributed by atoms with E-state index in [4.69, 9.17) is 0 Å². The van der Waals surface area contributed by atoms with Crippen molar-refractivity contribution in [3.8, 4) is 0 Å². The van der Waals surface area contributed by atoms with Gasteiger partial charge in [0.2, 0.25) is 0 Å². The van der Waals surface area contributed by atoms with Crippen molar-refractivity contribution in [3.63, 3.8) is 0 Å². The van der Waals surface area contributed by atoms with Crippen LogP contribution in [0.3, 0.4) is 0 Å². The predicted octanol–water partition coefficient (Wildman–Crippen LogP) is 9.25. The highest BCUT2D eigenvalue weighted by Crippen LogP contribution is 2.67. The van der Waals surface area contributed by atoms with E-state index in [0.717, 1.165) is 0 Å². The van der Waals surface area contributed by atoms with E-state index in [1.54, 1.807) is 0 Å². The van der Waals surface area contributed by atoms with Crippen LogP contribution in [0.4, 0.5) is 110 Å². The predicted molar refractivity (Wildman–Crippen MR) is 83.5 cm³/mol. The lowest BCUT2D eigenvalue weighted by Gasteiger charge is -2.45. The highest BCUT2D eigenvalue weighted by molar-refractivity contribution is 7.80. The zero-order valence-electron chi connectivity index (χ0n) is 18.2. The van der Waals surface area contributed by atoms with Gasteiger partial charge >= 0.3 is 71.3 Å². The first-order valence-corrected chi connectivity index (χ1v) is 9.59. The molecule has 26 heteroatoms. The summed E-state index contributed by atoms with van der Waals surface area (Å²) in [5, 5.41) is -2.27. The van der Waals surface area contributed by atoms with Crippen molar-refractivity contribution in [2.75, 3.05) is 0 Å². The lowest BCUT2D eigenvalue weighted by Crippen LogP contribution is -2.78. The van der Waals surface area contributed by atoms with Gasteiger partial charge in [0, 0.05) is 11.7 Å². The molecule has 248 valence electrons. The lowest BCUT2D eigenvalue weighted by atomic mass is 9.84. The van der Waals surface area contributed by atoms with Crippen LogP contribution in [0.25, 0.3) is 0 Å². The van der Waals surface area contributed by atoms with Crippen LogP contribution < -0.4 is 0 Å². The van der Waals surface area contributed by atoms with Crippen LogP contribution in [0.15, 0.2) is 0 Å². The lowest BCUT2D eigenvalue weighted by molar-refractivity contribution is -0.482. The molecule has 0 nitrogen and oxygen atoms in total. The Labute approximate surface area is 213 Å². The molecule has 0 saturated heterocycles. The normalized spacial score (nSPS) is 17.6. The van der Waals surface area contributed by atoms with Crippen LogP contribution in [0.2, 0.25) is 0 Å². The molecule has 1 unspecified atom stereocenters. The fraction of sp³-hybridized carbons (Fsp3) is 1.00. The first kappa shape index (κ1) is 39.6. The zero-order chi connectivity index (χ0) is 34.3. The molecule has 0 aliphatic carbocycles. The summed E-state index contributed by atoms with van der Waals surface area (Å²) < 4.78 is 331. The average molecular weight is 694 g/mol. The molecule has 0 rings (SSSR count). The van der Waals surface area contributed by atoms with Gasteiger partial charge < -0.3 is 0 Å². The summed E-state index contributed by atoms with van der Waals surface area (Å²) >= 11 is 2.90. The van der Waals surface area contributed by atoms with Crippen molar-refractivity contribution in [1.29, 1.82) is 0 Å². The van der Waals surface area contributed by atoms with Crippen molar-refractivity contribution in [1.82, 2.24) is 0 Å². The van der Waals surface area contributed by atoms with E-state index in [1.807, 2.05) is 0 Å². The molecule has 0 aromatic carbocycles. The number of alkyl halides is 25. The van der Waals surface area contributed by atoms with Gasteiger partial charge in [-0.1, -0.05) is 6.92 Å². The molecule has 0 bridgehead atoms. The first-order valence-electron chi connectivity index (χ1n) is 9.07. The fourth-order valence-electron chi connectivity index (χ4n) is 2.48. The number of thiol groups is 1. The number of hydrogen-bond donors (Lipinski definition) is 1. The summed E-state index contributed by atoms with van der Waals surface area (Å²) in [5.41, 5.74) is 0. The van der Waals surface area contributed by atoms with E-state index in [2.05, 4.69) is 12.6 Å². The molecular weight excluding hydrogens is 687 g/mol. The molecule has 0 saturated carbocycles. The number of halogens is 25. The third-order valence-corrected chi connectivity index (χ3v) is 5.10. The van der Waals surface area contributed by atoms with Crippen molar-refractivity contribution in [3.05, 3.63) is 0 Å². The maximum Gasteiger partial charge on any atom is 0.460 e. The molecule has 0 aliphatic rings. The monoisotopic (exact) mass is 694 g/mol. The Kier molecular flexibility index (Phi) is 9.47. The Balaban J connectivity index is 7.31. The van der Waals surface area contributed by atoms with E-state index in [9.17, 15) is 110 Å². The topological polar surface area (TPSA) is 0 Å². The summed E-state index contributed by atoms with van der Waals surface area (Å²) in [7, 11) is 0. The molecule has 0 amide bonds. The van der Waals surface area contributed by atoms with Crippen LogP contribution in [-0.2, 0) is 0 Å². The molecule has 0 aliphatic heterocycles. The van der Waals surface area contributed by atoms with Gasteiger partial charge in [0.05, 0.1) is 0 Å². The van der Waals surface area contributed by atoms with Crippen molar-refractivity contribution < 1.29 is 110 Å². The smallest absolute Gasteiger partial charge is 0.200 e. The van der Waals surface area contributed by atoms with Gasteiger partial charge in [-0.25, -0.2) is 0 Å². The van der Waals surface area contributed by atoms with E-state index in [1.165, 1.54) is 0 Å². The highest BCUT2D eigenvalue weighted by Gasteiger charge is 2.99. The van der Waals surface area contributed by atoms with Gasteiger partial charge in [-0.05, 0) is 0 Å². The minimum absolute atomic E-state index is 0.299. The Morgan fingerprint density at radius 2 is 0.512 bits per heavy atom. The molecule has 0 aromatic rings. The molecule has 0 fully saturated rings. The van der Waals surface area contributed by atoms with Gasteiger partial charge in [0.25, 0.3) is 0 Å². The molecule has 0 aromatic heterocycles. The molecule has 0 N–H and O–H groups in total. The Morgan fingerprint density at radius 3 is 0.683 bits per heavy atom. The fourth-order valence-corrected chi connectivity index (χ4v) is 2.71. The molecule has 0 spiro atoms. The van der Waals surface area contributed by atoms with E-state index < -0.39 is 83.0 Å². The minimum atomic E-state index is -9.57. The van der Waals surface area contributed by atoms with Crippen LogP contribution in [0, 0.1) is 0 Å². The summed E-state index contributed by atoms with van der Waals surface area (Å²) in [6.45, 7) is 0.299. The molecule has 1 atom stereocenters. The Morgan fingerprint density at radius 1 is 0.341 bits per heavy atom. The summed E-state index contributed by atoms with van der Waals surface area (Å²) in [6.07, 6.45) is -11.0. The SMILES string of the molecule is CC(S)CC(F)(F)C(F)(F)C(F)(F)C(F)(F)C(F)(F)C(F)(F)C(F)(F)C(F)(F)C(F)(F)C(F)(F)C(F)(F)C(F)(F)F. The quantitative estimate of drug-likeness (QED) is 0.153. The maximum absolute atomic E-state index is 13.6. The van der Waals surface area contributed by atoms with Crippen LogP contribution >= 0.6 is 12.6 Å². The third-order valence-electron chi connectivity index (χ3n) is 4.92. The maximum atomic E-state index is 13.6. The highest BCUT2D eigenvalue weighted by atomic mass is 32.1. The standard InChI is InChI=1S/C15H7F25S/c1-3(41)2-4(16,17)5(18,19)6(20,21)7(22,23)8(24,25)9(26,27)10(28,29)11(30,31)12(32,33)13(34,35)14(36,37)15(38,39)40/h3,41H,2H2,1H3. The second kappa shape index (κ2) is 9.81. The molecule has 0 radical (unpaired) electrons. The summed E-state index contributed by atoms with van der Waals surface area (Å²) in [6, 6.07) is 0. The van der Waals surface area contributed by atoms with Crippen molar-refractivity contribution in [2.24, 2.45) is 0 Å². The first-order chi connectivity index (χ1) is 17.2. The Bertz CT molecular complexity index is 939. The molecule has 0 heterocycles. The summed E-state index contributed by atoms with van der Waals surface area (Å²) in [4.78, 5) is 0. The van der Waals surface area contributed by atoms with Crippen molar-refractivity contribution >= 4 is 12.6 Å². The van der Waals surface area contributed by atoms with Gasteiger partial charge in [0.15, 0.2) is 0 Å². The zero-order valence-corrected chi connectivity index (χ0v) is 19.1. The van der Waals surface area contributed by atoms with Gasteiger partial charge in [0.1, 0.15) is 0 Å². The van der Waals surface area contributed by atoms with E-state index in [-0.39, 0.29) is 0 Å². The number of hydrogen-bond acceptors (Lipinski definition) is 1. The summed E-state index contributed by atoms with van der Waals surface area (Å²) in [5.74, 6) is -97.9. The average Bonchev–Trinajstić information content (AvgIpc) is 2.70. The van der Waals surface area contributed by atoms with E-state index in [0.29, 0.717) is 6.92 Å². The van der Waals surface area contributed by atoms with Crippen LogP contribution in [-0.4, -0.2) is 76.6 Å². The molecule has 41 heavy (non-hydrogen) atoms. The van der Waals surface area contributed by atoms with E-state index >= 15 is 0 Å². The molecular formula is C15H7F25S. The third kappa shape index (κ3) is 4.91. The van der Waals surface area contributed by atoms with Crippen molar-refractivity contribution in [2.45, 2.75) is 89.9 Å². The van der Waals surface area contributed by atoms with Crippen LogP contribution in [0.5, 0.6) is 0 Å².